The van der Waals surface area contributed by atoms with Gasteiger partial charge in [0.1, 0.15) is 6.10 Å². The first-order valence-corrected chi connectivity index (χ1v) is 9.91. The van der Waals surface area contributed by atoms with Crippen LogP contribution in [-0.4, -0.2) is 40.9 Å². The van der Waals surface area contributed by atoms with Crippen molar-refractivity contribution in [3.63, 3.8) is 0 Å². The van der Waals surface area contributed by atoms with E-state index >= 15 is 0 Å². The van der Waals surface area contributed by atoms with Gasteiger partial charge in [0.15, 0.2) is 12.5 Å². The highest BCUT2D eigenvalue weighted by Crippen LogP contribution is 2.12. The van der Waals surface area contributed by atoms with Gasteiger partial charge in [-0.3, -0.25) is 4.79 Å². The average molecular weight is 360 g/mol. The second-order valence-corrected chi connectivity index (χ2v) is 6.87. The SMILES string of the molecule is CCCCCCCCCCCCC/C=C/[C@@H](O)[C@@H](N)C(O)C(=O)CF. The number of aliphatic hydroxyl groups excluding tert-OH is 2. The van der Waals surface area contributed by atoms with Crippen molar-refractivity contribution in [3.05, 3.63) is 12.2 Å². The summed E-state index contributed by atoms with van der Waals surface area (Å²) in [5.41, 5.74) is 5.55. The van der Waals surface area contributed by atoms with Gasteiger partial charge in [-0.15, -0.1) is 0 Å². The molecule has 25 heavy (non-hydrogen) atoms. The summed E-state index contributed by atoms with van der Waals surface area (Å²) >= 11 is 0. The van der Waals surface area contributed by atoms with Crippen LogP contribution in [0.2, 0.25) is 0 Å². The number of halogens is 1. The second-order valence-electron chi connectivity index (χ2n) is 6.87. The van der Waals surface area contributed by atoms with Gasteiger partial charge in [-0.1, -0.05) is 83.3 Å². The average Bonchev–Trinajstić information content (AvgIpc) is 2.63. The summed E-state index contributed by atoms with van der Waals surface area (Å²) < 4.78 is 12.2. The first-order chi connectivity index (χ1) is 12.0. The fraction of sp³-hybridized carbons (Fsp3) is 0.850. The number of carbonyl (C=O) groups excluding carboxylic acids is 1. The Morgan fingerprint density at radius 2 is 1.44 bits per heavy atom. The van der Waals surface area contributed by atoms with Crippen molar-refractivity contribution in [3.8, 4) is 0 Å². The topological polar surface area (TPSA) is 83.6 Å². The maximum Gasteiger partial charge on any atom is 0.193 e. The Morgan fingerprint density at radius 3 is 1.92 bits per heavy atom. The lowest BCUT2D eigenvalue weighted by molar-refractivity contribution is -0.130. The molecule has 4 N–H and O–H groups in total. The standard InChI is InChI=1S/C20H38FNO3/c1-2-3-4-5-6-7-8-9-10-11-12-13-14-15-17(23)19(22)20(25)18(24)16-21/h14-15,17,19-20,23,25H,2-13,16,22H2,1H3/b15-14+/t17-,19-,20?/m1/s1. The number of hydrogen-bond acceptors (Lipinski definition) is 4. The highest BCUT2D eigenvalue weighted by molar-refractivity contribution is 5.84. The summed E-state index contributed by atoms with van der Waals surface area (Å²) in [4.78, 5) is 11.0. The lowest BCUT2D eigenvalue weighted by Gasteiger charge is -2.19. The molecule has 4 nitrogen and oxygen atoms in total. The molecule has 1 unspecified atom stereocenters. The van der Waals surface area contributed by atoms with E-state index in [9.17, 15) is 19.4 Å². The molecule has 0 spiro atoms. The van der Waals surface area contributed by atoms with Gasteiger partial charge in [0, 0.05) is 0 Å². The zero-order valence-corrected chi connectivity index (χ0v) is 15.8. The molecule has 0 aromatic heterocycles. The van der Waals surface area contributed by atoms with E-state index in [2.05, 4.69) is 6.92 Å². The predicted octanol–water partition coefficient (Wildman–Crippen LogP) is 3.83. The van der Waals surface area contributed by atoms with Crippen molar-refractivity contribution in [1.29, 1.82) is 0 Å². The van der Waals surface area contributed by atoms with E-state index in [0.717, 1.165) is 19.3 Å². The number of allylic oxidation sites excluding steroid dienone is 1. The molecule has 0 aromatic rings. The zero-order chi connectivity index (χ0) is 18.9. The molecule has 0 rings (SSSR count). The molecule has 5 heteroatoms. The zero-order valence-electron chi connectivity index (χ0n) is 15.8. The third-order valence-corrected chi connectivity index (χ3v) is 4.53. The first-order valence-electron chi connectivity index (χ1n) is 9.91. The van der Waals surface area contributed by atoms with Gasteiger partial charge in [-0.2, -0.15) is 0 Å². The predicted molar refractivity (Wildman–Crippen MR) is 101 cm³/mol. The van der Waals surface area contributed by atoms with E-state index in [1.54, 1.807) is 0 Å². The molecule has 0 heterocycles. The van der Waals surface area contributed by atoms with Gasteiger partial charge in [-0.25, -0.2) is 4.39 Å². The van der Waals surface area contributed by atoms with E-state index in [4.69, 9.17) is 5.73 Å². The number of alkyl halides is 1. The summed E-state index contributed by atoms with van der Waals surface area (Å²) in [7, 11) is 0. The number of aliphatic hydroxyl groups is 2. The summed E-state index contributed by atoms with van der Waals surface area (Å²) in [6.45, 7) is 0.964. The van der Waals surface area contributed by atoms with E-state index < -0.39 is 30.7 Å². The summed E-state index contributed by atoms with van der Waals surface area (Å²) in [6.07, 6.45) is 15.4. The monoisotopic (exact) mass is 359 g/mol. The molecule has 0 aliphatic carbocycles. The molecule has 0 bridgehead atoms. The molecule has 3 atom stereocenters. The van der Waals surface area contributed by atoms with Crippen LogP contribution in [0.4, 0.5) is 4.39 Å². The highest BCUT2D eigenvalue weighted by Gasteiger charge is 2.26. The number of Topliss-reactive ketones (excluding diaryl/α,β-unsaturated/α-hetero) is 1. The molecule has 0 saturated heterocycles. The molecular weight excluding hydrogens is 321 g/mol. The molecule has 0 radical (unpaired) electrons. The lowest BCUT2D eigenvalue weighted by atomic mass is 10.0. The number of carbonyl (C=O) groups is 1. The Bertz CT molecular complexity index is 350. The first kappa shape index (κ1) is 24.2. The van der Waals surface area contributed by atoms with Crippen LogP contribution < -0.4 is 5.73 Å². The lowest BCUT2D eigenvalue weighted by Crippen LogP contribution is -2.48. The van der Waals surface area contributed by atoms with Gasteiger partial charge in [0.2, 0.25) is 0 Å². The van der Waals surface area contributed by atoms with Crippen molar-refractivity contribution in [2.45, 2.75) is 102 Å². The molecule has 0 aromatic carbocycles. The maximum absolute atomic E-state index is 12.2. The minimum Gasteiger partial charge on any atom is -0.387 e. The maximum atomic E-state index is 12.2. The highest BCUT2D eigenvalue weighted by atomic mass is 19.1. The Morgan fingerprint density at radius 1 is 0.960 bits per heavy atom. The van der Waals surface area contributed by atoms with Crippen LogP contribution in [0.3, 0.4) is 0 Å². The number of nitrogens with two attached hydrogens (primary N) is 1. The molecular formula is C20H38FNO3. The van der Waals surface area contributed by atoms with Crippen molar-refractivity contribution in [2.24, 2.45) is 5.73 Å². The number of unbranched alkanes of at least 4 members (excludes halogenated alkanes) is 11. The number of rotatable bonds is 17. The molecule has 148 valence electrons. The summed E-state index contributed by atoms with van der Waals surface area (Å²) in [5, 5.41) is 19.2. The smallest absolute Gasteiger partial charge is 0.193 e. The van der Waals surface area contributed by atoms with Gasteiger partial charge in [0.25, 0.3) is 0 Å². The van der Waals surface area contributed by atoms with Gasteiger partial charge < -0.3 is 15.9 Å². The minimum absolute atomic E-state index is 0.827. The van der Waals surface area contributed by atoms with Crippen molar-refractivity contribution >= 4 is 5.78 Å². The third kappa shape index (κ3) is 13.1. The van der Waals surface area contributed by atoms with Crippen molar-refractivity contribution < 1.29 is 19.4 Å². The number of ketones is 1. The summed E-state index contributed by atoms with van der Waals surface area (Å²) in [6, 6.07) is -1.18. The van der Waals surface area contributed by atoms with Gasteiger partial charge >= 0.3 is 0 Å². The summed E-state index contributed by atoms with van der Waals surface area (Å²) in [5.74, 6) is -0.995. The van der Waals surface area contributed by atoms with Crippen molar-refractivity contribution in [1.82, 2.24) is 0 Å². The van der Waals surface area contributed by atoms with Crippen LogP contribution >= 0.6 is 0 Å². The van der Waals surface area contributed by atoms with Crippen LogP contribution in [0.5, 0.6) is 0 Å². The Labute approximate surface area is 152 Å². The fourth-order valence-corrected chi connectivity index (χ4v) is 2.77. The van der Waals surface area contributed by atoms with Crippen LogP contribution in [0.25, 0.3) is 0 Å². The number of hydrogen-bond donors (Lipinski definition) is 3. The van der Waals surface area contributed by atoms with Crippen LogP contribution in [0, 0.1) is 0 Å². The molecule has 0 fully saturated rings. The molecule has 0 saturated carbocycles. The van der Waals surface area contributed by atoms with Crippen molar-refractivity contribution in [2.75, 3.05) is 6.67 Å². The van der Waals surface area contributed by atoms with E-state index in [1.165, 1.54) is 63.9 Å². The van der Waals surface area contributed by atoms with Crippen LogP contribution in [0.1, 0.15) is 84.0 Å². The van der Waals surface area contributed by atoms with E-state index in [-0.39, 0.29) is 0 Å². The Hall–Kier alpha value is -0.780. The minimum atomic E-state index is -1.66. The molecule has 0 amide bonds. The quantitative estimate of drug-likeness (QED) is 0.272. The normalized spacial score (nSPS) is 15.4. The van der Waals surface area contributed by atoms with Gasteiger partial charge in [-0.05, 0) is 12.8 Å². The van der Waals surface area contributed by atoms with E-state index in [0.29, 0.717) is 0 Å². The second kappa shape index (κ2) is 16.7. The molecule has 0 aliphatic rings. The third-order valence-electron chi connectivity index (χ3n) is 4.53. The van der Waals surface area contributed by atoms with E-state index in [1.807, 2.05) is 6.08 Å². The van der Waals surface area contributed by atoms with Crippen LogP contribution in [-0.2, 0) is 4.79 Å². The van der Waals surface area contributed by atoms with Crippen LogP contribution in [0.15, 0.2) is 12.2 Å². The largest absolute Gasteiger partial charge is 0.387 e. The fourth-order valence-electron chi connectivity index (χ4n) is 2.77. The Kier molecular flexibility index (Phi) is 16.2. The Balaban J connectivity index is 3.55. The van der Waals surface area contributed by atoms with Gasteiger partial charge in [0.05, 0.1) is 12.1 Å². The molecule has 0 aliphatic heterocycles.